The van der Waals surface area contributed by atoms with E-state index >= 15 is 0 Å². The zero-order chi connectivity index (χ0) is 18.9. The number of nitrogens with zero attached hydrogens (tertiary/aromatic N) is 2. The summed E-state index contributed by atoms with van der Waals surface area (Å²) in [4.78, 5) is 11.5. The molecule has 0 spiro atoms. The number of fused-ring (bicyclic) bond motifs is 2. The number of aldehydes is 1. The van der Waals surface area contributed by atoms with E-state index in [0.717, 1.165) is 50.6 Å². The van der Waals surface area contributed by atoms with Crippen molar-refractivity contribution in [3.8, 4) is 11.3 Å². The minimum Gasteiger partial charge on any atom is -0.380 e. The Morgan fingerprint density at radius 2 is 1.89 bits per heavy atom. The summed E-state index contributed by atoms with van der Waals surface area (Å²) in [6.07, 6.45) is 2.67. The van der Waals surface area contributed by atoms with E-state index < -0.39 is 0 Å². The lowest BCUT2D eigenvalue weighted by Gasteiger charge is -2.11. The third-order valence-corrected chi connectivity index (χ3v) is 4.91. The van der Waals surface area contributed by atoms with Gasteiger partial charge in [0.05, 0.1) is 22.9 Å². The van der Waals surface area contributed by atoms with E-state index in [1.807, 2.05) is 54.6 Å². The summed E-state index contributed by atoms with van der Waals surface area (Å²) in [5, 5.41) is 20.0. The van der Waals surface area contributed by atoms with Crippen molar-refractivity contribution in [3.05, 3.63) is 78.0 Å². The van der Waals surface area contributed by atoms with Gasteiger partial charge in [0.2, 0.25) is 0 Å². The van der Waals surface area contributed by atoms with Crippen LogP contribution < -0.4 is 5.32 Å². The molecule has 28 heavy (non-hydrogen) atoms. The van der Waals surface area contributed by atoms with Crippen LogP contribution in [0.1, 0.15) is 15.9 Å². The number of H-pyrrole nitrogens is 2. The molecule has 2 heterocycles. The summed E-state index contributed by atoms with van der Waals surface area (Å²) in [6.45, 7) is 0.604. The number of para-hydroxylation sites is 1. The maximum absolute atomic E-state index is 11.5. The maximum atomic E-state index is 11.5. The summed E-state index contributed by atoms with van der Waals surface area (Å²) in [5.74, 6) is 0. The first-order valence-electron chi connectivity index (χ1n) is 9.00. The van der Waals surface area contributed by atoms with E-state index in [2.05, 4.69) is 31.8 Å². The fourth-order valence-corrected chi connectivity index (χ4v) is 3.44. The minimum atomic E-state index is 0.604. The Labute approximate surface area is 160 Å². The summed E-state index contributed by atoms with van der Waals surface area (Å²) in [6, 6.07) is 19.9. The van der Waals surface area contributed by atoms with Gasteiger partial charge >= 0.3 is 0 Å². The Morgan fingerprint density at radius 3 is 2.82 bits per heavy atom. The van der Waals surface area contributed by atoms with Crippen molar-refractivity contribution in [2.45, 2.75) is 6.54 Å². The molecule has 0 saturated heterocycles. The first-order chi connectivity index (χ1) is 13.8. The number of aromatic amines is 2. The lowest BCUT2D eigenvalue weighted by atomic mass is 10.0. The molecule has 0 fully saturated rings. The molecular weight excluding hydrogens is 350 g/mol. The zero-order valence-corrected chi connectivity index (χ0v) is 14.9. The number of aromatic nitrogens is 4. The number of carbonyl (C=O) groups is 1. The van der Waals surface area contributed by atoms with E-state index in [1.165, 1.54) is 0 Å². The molecule has 5 aromatic rings. The van der Waals surface area contributed by atoms with Crippen LogP contribution in [0.4, 0.5) is 5.69 Å². The average molecular weight is 367 g/mol. The van der Waals surface area contributed by atoms with Gasteiger partial charge in [-0.1, -0.05) is 30.3 Å². The number of benzene rings is 3. The molecule has 5 rings (SSSR count). The second kappa shape index (κ2) is 6.66. The quantitative estimate of drug-likeness (QED) is 0.398. The molecule has 0 atom stereocenters. The van der Waals surface area contributed by atoms with Gasteiger partial charge in [0.1, 0.15) is 0 Å². The Bertz CT molecular complexity index is 1300. The lowest BCUT2D eigenvalue weighted by molar-refractivity contribution is 0.112. The van der Waals surface area contributed by atoms with Crippen molar-refractivity contribution >= 4 is 33.8 Å². The third-order valence-electron chi connectivity index (χ3n) is 4.91. The van der Waals surface area contributed by atoms with Crippen molar-refractivity contribution in [1.29, 1.82) is 0 Å². The highest BCUT2D eigenvalue weighted by atomic mass is 16.1. The molecule has 136 valence electrons. The number of hydrogen-bond acceptors (Lipinski definition) is 4. The standard InChI is InChI=1S/C22H17N5O/c28-13-16-7-6-15(22-18-3-1-2-4-20(18)26-27-22)10-21(16)23-11-14-5-8-19-17(9-14)12-24-25-19/h1-10,12-13,23H,11H2,(H,24,25)(H,26,27). The molecule has 0 bridgehead atoms. The van der Waals surface area contributed by atoms with Gasteiger partial charge in [-0.15, -0.1) is 0 Å². The van der Waals surface area contributed by atoms with Gasteiger partial charge in [0, 0.05) is 34.1 Å². The monoisotopic (exact) mass is 367 g/mol. The number of hydrogen-bond donors (Lipinski definition) is 3. The van der Waals surface area contributed by atoms with Crippen LogP contribution in [-0.2, 0) is 6.54 Å². The fraction of sp³-hybridized carbons (Fsp3) is 0.0455. The fourth-order valence-electron chi connectivity index (χ4n) is 3.44. The number of carbonyl (C=O) groups excluding carboxylic acids is 1. The van der Waals surface area contributed by atoms with Gasteiger partial charge in [-0.05, 0) is 35.9 Å². The molecule has 0 amide bonds. The summed E-state index contributed by atoms with van der Waals surface area (Å²) < 4.78 is 0. The molecule has 0 aliphatic carbocycles. The van der Waals surface area contributed by atoms with Crippen molar-refractivity contribution in [2.75, 3.05) is 5.32 Å². The zero-order valence-electron chi connectivity index (χ0n) is 14.9. The van der Waals surface area contributed by atoms with Crippen molar-refractivity contribution < 1.29 is 4.79 Å². The number of rotatable bonds is 5. The van der Waals surface area contributed by atoms with Crippen LogP contribution in [0, 0.1) is 0 Å². The number of anilines is 1. The van der Waals surface area contributed by atoms with Crippen molar-refractivity contribution in [3.63, 3.8) is 0 Å². The van der Waals surface area contributed by atoms with Gasteiger partial charge in [0.25, 0.3) is 0 Å². The first kappa shape index (κ1) is 16.3. The minimum absolute atomic E-state index is 0.604. The molecule has 0 saturated carbocycles. The molecule has 6 nitrogen and oxygen atoms in total. The van der Waals surface area contributed by atoms with Gasteiger partial charge in [0.15, 0.2) is 6.29 Å². The van der Waals surface area contributed by atoms with E-state index in [1.54, 1.807) is 6.20 Å². The molecule has 2 aromatic heterocycles. The topological polar surface area (TPSA) is 86.5 Å². The Balaban J connectivity index is 1.47. The van der Waals surface area contributed by atoms with Crippen LogP contribution in [0.15, 0.2) is 66.9 Å². The van der Waals surface area contributed by atoms with E-state index in [-0.39, 0.29) is 0 Å². The Morgan fingerprint density at radius 1 is 0.964 bits per heavy atom. The highest BCUT2D eigenvalue weighted by molar-refractivity contribution is 5.95. The highest BCUT2D eigenvalue weighted by Gasteiger charge is 2.11. The molecule has 3 aromatic carbocycles. The van der Waals surface area contributed by atoms with Crippen LogP contribution in [0.25, 0.3) is 33.1 Å². The SMILES string of the molecule is O=Cc1ccc(-c2n[nH]c3ccccc23)cc1NCc1ccc2[nH]ncc2c1. The molecular formula is C22H17N5O. The predicted octanol–water partition coefficient (Wildman–Crippen LogP) is 4.53. The van der Waals surface area contributed by atoms with Crippen LogP contribution >= 0.6 is 0 Å². The van der Waals surface area contributed by atoms with E-state index in [4.69, 9.17) is 0 Å². The normalized spacial score (nSPS) is 11.1. The predicted molar refractivity (Wildman–Crippen MR) is 110 cm³/mol. The Kier molecular flexibility index (Phi) is 3.87. The van der Waals surface area contributed by atoms with Gasteiger partial charge < -0.3 is 5.32 Å². The molecule has 0 radical (unpaired) electrons. The summed E-state index contributed by atoms with van der Waals surface area (Å²) in [7, 11) is 0. The first-order valence-corrected chi connectivity index (χ1v) is 9.00. The molecule has 3 N–H and O–H groups in total. The van der Waals surface area contributed by atoms with Crippen molar-refractivity contribution in [1.82, 2.24) is 20.4 Å². The lowest BCUT2D eigenvalue weighted by Crippen LogP contribution is -2.02. The smallest absolute Gasteiger partial charge is 0.152 e. The van der Waals surface area contributed by atoms with Crippen LogP contribution in [0.5, 0.6) is 0 Å². The van der Waals surface area contributed by atoms with E-state index in [0.29, 0.717) is 12.1 Å². The van der Waals surface area contributed by atoms with Gasteiger partial charge in [-0.2, -0.15) is 10.2 Å². The summed E-state index contributed by atoms with van der Waals surface area (Å²) in [5.41, 5.74) is 6.33. The molecule has 6 heteroatoms. The van der Waals surface area contributed by atoms with E-state index in [9.17, 15) is 4.79 Å². The Hall–Kier alpha value is -3.93. The molecule has 0 aliphatic heterocycles. The van der Waals surface area contributed by atoms with Crippen LogP contribution in [-0.4, -0.2) is 26.7 Å². The maximum Gasteiger partial charge on any atom is 0.152 e. The third kappa shape index (κ3) is 2.81. The number of nitrogens with one attached hydrogen (secondary N) is 3. The second-order valence-electron chi connectivity index (χ2n) is 6.68. The molecule has 0 aliphatic rings. The van der Waals surface area contributed by atoms with Gasteiger partial charge in [-0.3, -0.25) is 15.0 Å². The van der Waals surface area contributed by atoms with Crippen molar-refractivity contribution in [2.24, 2.45) is 0 Å². The second-order valence-corrected chi connectivity index (χ2v) is 6.68. The highest BCUT2D eigenvalue weighted by Crippen LogP contribution is 2.29. The summed E-state index contributed by atoms with van der Waals surface area (Å²) >= 11 is 0. The molecule has 0 unspecified atom stereocenters. The largest absolute Gasteiger partial charge is 0.380 e. The van der Waals surface area contributed by atoms with Crippen LogP contribution in [0.2, 0.25) is 0 Å². The van der Waals surface area contributed by atoms with Gasteiger partial charge in [-0.25, -0.2) is 0 Å². The average Bonchev–Trinajstić information content (AvgIpc) is 3.38. The van der Waals surface area contributed by atoms with Crippen LogP contribution in [0.3, 0.4) is 0 Å².